The van der Waals surface area contributed by atoms with Gasteiger partial charge in [0.2, 0.25) is 10.0 Å². The van der Waals surface area contributed by atoms with Gasteiger partial charge in [0, 0.05) is 32.5 Å². The molecule has 0 radical (unpaired) electrons. The summed E-state index contributed by atoms with van der Waals surface area (Å²) in [7, 11) is -1.78. The molecule has 0 aromatic heterocycles. The van der Waals surface area contributed by atoms with E-state index >= 15 is 0 Å². The number of amidine groups is 1. The first-order valence-corrected chi connectivity index (χ1v) is 14.8. The van der Waals surface area contributed by atoms with Gasteiger partial charge >= 0.3 is 6.18 Å². The Bertz CT molecular complexity index is 1160. The number of alkyl halides is 3. The maximum Gasteiger partial charge on any atom is 0.389 e. The summed E-state index contributed by atoms with van der Waals surface area (Å²) in [6.07, 6.45) is -1.89. The van der Waals surface area contributed by atoms with Crippen LogP contribution < -0.4 is 16.2 Å². The highest BCUT2D eigenvalue weighted by Crippen LogP contribution is 2.39. The number of nitrogens with one attached hydrogen (secondary N) is 1. The third kappa shape index (κ3) is 6.34. The summed E-state index contributed by atoms with van der Waals surface area (Å²) in [5, 5.41) is 4.40. The Balaban J connectivity index is 1.34. The van der Waals surface area contributed by atoms with Crippen LogP contribution in [-0.2, 0) is 21.2 Å². The summed E-state index contributed by atoms with van der Waals surface area (Å²) in [6.45, 7) is 4.31. The van der Waals surface area contributed by atoms with Crippen molar-refractivity contribution in [2.45, 2.75) is 76.9 Å². The van der Waals surface area contributed by atoms with E-state index in [0.717, 1.165) is 22.4 Å². The van der Waals surface area contributed by atoms with Crippen LogP contribution in [0.4, 0.5) is 18.9 Å². The smallest absolute Gasteiger partial charge is 0.314 e. The van der Waals surface area contributed by atoms with Crippen molar-refractivity contribution in [3.8, 4) is 0 Å². The average Bonchev–Trinajstić information content (AvgIpc) is 3.13. The predicted octanol–water partition coefficient (Wildman–Crippen LogP) is 3.61. The molecule has 1 aliphatic carbocycles. The number of piperidine rings is 1. The summed E-state index contributed by atoms with van der Waals surface area (Å²) >= 11 is 0. The van der Waals surface area contributed by atoms with Crippen molar-refractivity contribution in [1.82, 2.24) is 9.62 Å². The number of hydrogen-bond donors (Lipinski definition) is 2. The van der Waals surface area contributed by atoms with Crippen LogP contribution in [0.1, 0.15) is 61.6 Å². The van der Waals surface area contributed by atoms with Crippen LogP contribution in [0.25, 0.3) is 0 Å². The fourth-order valence-electron chi connectivity index (χ4n) is 6.10. The first-order chi connectivity index (χ1) is 17.7. The Morgan fingerprint density at radius 2 is 1.71 bits per heavy atom. The summed E-state index contributed by atoms with van der Waals surface area (Å²) in [5.74, 6) is 5.72. The second-order valence-electron chi connectivity index (χ2n) is 11.2. The maximum atomic E-state index is 13.2. The van der Waals surface area contributed by atoms with Crippen LogP contribution in [0.3, 0.4) is 0 Å². The largest absolute Gasteiger partial charge is 0.389 e. The van der Waals surface area contributed by atoms with E-state index in [4.69, 9.17) is 10.8 Å². The van der Waals surface area contributed by atoms with Crippen LogP contribution in [0.2, 0.25) is 0 Å². The number of hydrazine groups is 1. The highest BCUT2D eigenvalue weighted by atomic mass is 32.2. The van der Waals surface area contributed by atoms with Crippen molar-refractivity contribution in [3.05, 3.63) is 28.8 Å². The van der Waals surface area contributed by atoms with Crippen molar-refractivity contribution in [2.24, 2.45) is 22.7 Å². The number of carbonyl (C=O) groups excluding carboxylic acids is 1. The lowest BCUT2D eigenvalue weighted by Gasteiger charge is -2.35. The van der Waals surface area contributed by atoms with Crippen molar-refractivity contribution in [3.63, 3.8) is 0 Å². The molecule has 1 amide bonds. The molecule has 0 atom stereocenters. The number of hydrogen-bond acceptors (Lipinski definition) is 6. The molecule has 1 saturated carbocycles. The van der Waals surface area contributed by atoms with Crippen LogP contribution in [0, 0.1) is 25.7 Å². The summed E-state index contributed by atoms with van der Waals surface area (Å²) < 4.78 is 65.9. The molecule has 2 aliphatic heterocycles. The molecule has 1 aromatic rings. The van der Waals surface area contributed by atoms with Crippen LogP contribution in [0.5, 0.6) is 0 Å². The second kappa shape index (κ2) is 10.8. The molecular weight excluding hydrogens is 519 g/mol. The van der Waals surface area contributed by atoms with Crippen molar-refractivity contribution in [1.29, 1.82) is 0 Å². The minimum atomic E-state index is -4.15. The van der Waals surface area contributed by atoms with E-state index in [2.05, 4.69) is 5.32 Å². The lowest BCUT2D eigenvalue weighted by Crippen LogP contribution is -2.51. The molecule has 8 nitrogen and oxygen atoms in total. The number of carbonyl (C=O) groups is 1. The molecule has 1 spiro atoms. The molecule has 38 heavy (non-hydrogen) atoms. The second-order valence-corrected chi connectivity index (χ2v) is 13.2. The van der Waals surface area contributed by atoms with Gasteiger partial charge in [0.1, 0.15) is 11.4 Å². The van der Waals surface area contributed by atoms with Gasteiger partial charge in [-0.15, -0.1) is 0 Å². The van der Waals surface area contributed by atoms with Gasteiger partial charge in [0.25, 0.3) is 5.91 Å². The first kappa shape index (κ1) is 28.8. The number of halogens is 3. The monoisotopic (exact) mass is 557 g/mol. The fourth-order valence-corrected chi connectivity index (χ4v) is 7.56. The molecular formula is C26H38F3N5O3S. The molecule has 3 aliphatic rings. The number of benzene rings is 1. The molecule has 2 fully saturated rings. The molecule has 0 unspecified atom stereocenters. The standard InChI is InChI=1S/C26H38F3N5O3S/c1-17-14-21(33(3)30)15-18(2)22(17)8-13-38(36,37)34-11-9-25(10-12-34)24(35)31-23(32-25)20-6-4-19(5-7-20)16-26(27,28)29/h14-15,19-20H,4-13,16,30H2,1-3H3,(H,31,32,35). The van der Waals surface area contributed by atoms with Gasteiger partial charge in [-0.1, -0.05) is 0 Å². The summed E-state index contributed by atoms with van der Waals surface area (Å²) in [5.41, 5.74) is 2.84. The zero-order valence-corrected chi connectivity index (χ0v) is 23.1. The maximum absolute atomic E-state index is 13.2. The normalized spacial score (nSPS) is 24.4. The van der Waals surface area contributed by atoms with Gasteiger partial charge in [-0.2, -0.15) is 13.2 Å². The zero-order valence-electron chi connectivity index (χ0n) is 22.3. The van der Waals surface area contributed by atoms with Crippen molar-refractivity contribution < 1.29 is 26.4 Å². The minimum Gasteiger partial charge on any atom is -0.314 e. The number of aryl methyl sites for hydroxylation is 2. The molecule has 212 valence electrons. The van der Waals surface area contributed by atoms with Gasteiger partial charge in [-0.05, 0) is 93.5 Å². The summed E-state index contributed by atoms with van der Waals surface area (Å²) in [4.78, 5) is 17.7. The number of rotatable bonds is 7. The van der Waals surface area contributed by atoms with E-state index in [1.807, 2.05) is 26.0 Å². The van der Waals surface area contributed by atoms with E-state index < -0.39 is 28.2 Å². The number of amides is 1. The molecule has 1 saturated heterocycles. The Morgan fingerprint density at radius 1 is 1.13 bits per heavy atom. The number of anilines is 1. The lowest BCUT2D eigenvalue weighted by molar-refractivity contribution is -0.146. The zero-order chi connectivity index (χ0) is 27.9. The molecule has 1 aromatic carbocycles. The van der Waals surface area contributed by atoms with E-state index in [-0.39, 0.29) is 36.6 Å². The van der Waals surface area contributed by atoms with Crippen LogP contribution in [-0.4, -0.2) is 62.1 Å². The lowest BCUT2D eigenvalue weighted by atomic mass is 9.80. The van der Waals surface area contributed by atoms with E-state index in [1.54, 1.807) is 7.05 Å². The van der Waals surface area contributed by atoms with Gasteiger partial charge in [-0.3, -0.25) is 9.79 Å². The van der Waals surface area contributed by atoms with Gasteiger partial charge in [0.05, 0.1) is 11.4 Å². The van der Waals surface area contributed by atoms with Crippen molar-refractivity contribution >= 4 is 27.5 Å². The average molecular weight is 558 g/mol. The fraction of sp³-hybridized carbons (Fsp3) is 0.692. The topological polar surface area (TPSA) is 108 Å². The van der Waals surface area contributed by atoms with Crippen LogP contribution >= 0.6 is 0 Å². The molecule has 2 heterocycles. The Morgan fingerprint density at radius 3 is 2.24 bits per heavy atom. The predicted molar refractivity (Wildman–Crippen MR) is 141 cm³/mol. The van der Waals surface area contributed by atoms with Gasteiger partial charge < -0.3 is 10.3 Å². The molecule has 0 bridgehead atoms. The highest BCUT2D eigenvalue weighted by molar-refractivity contribution is 7.89. The van der Waals surface area contributed by atoms with Gasteiger partial charge in [0.15, 0.2) is 0 Å². The Kier molecular flexibility index (Phi) is 8.17. The van der Waals surface area contributed by atoms with E-state index in [0.29, 0.717) is 50.8 Å². The van der Waals surface area contributed by atoms with E-state index in [9.17, 15) is 26.4 Å². The molecule has 3 N–H and O–H groups in total. The van der Waals surface area contributed by atoms with Crippen LogP contribution in [0.15, 0.2) is 17.1 Å². The van der Waals surface area contributed by atoms with Crippen molar-refractivity contribution in [2.75, 3.05) is 30.9 Å². The van der Waals surface area contributed by atoms with E-state index in [1.165, 1.54) is 9.31 Å². The Labute approximate surface area is 222 Å². The first-order valence-electron chi connectivity index (χ1n) is 13.2. The summed E-state index contributed by atoms with van der Waals surface area (Å²) in [6, 6.07) is 3.88. The third-order valence-electron chi connectivity index (χ3n) is 8.39. The highest BCUT2D eigenvalue weighted by Gasteiger charge is 2.48. The number of sulfonamides is 1. The SMILES string of the molecule is Cc1cc(N(C)N)cc(C)c1CCS(=O)(=O)N1CCC2(CC1)N=C(C1CCC(CC(F)(F)F)CC1)NC2=O. The quantitative estimate of drug-likeness (QED) is 0.394. The molecule has 4 rings (SSSR count). The van der Waals surface area contributed by atoms with Gasteiger partial charge in [-0.25, -0.2) is 18.6 Å². The minimum absolute atomic E-state index is 0.0264. The number of aliphatic imine (C=N–C) groups is 1. The Hall–Kier alpha value is -2.18. The number of nitrogens with zero attached hydrogens (tertiary/aromatic N) is 3. The number of nitrogens with two attached hydrogens (primary N) is 1. The third-order valence-corrected chi connectivity index (χ3v) is 10.3. The molecule has 12 heteroatoms.